The van der Waals surface area contributed by atoms with Crippen molar-refractivity contribution in [2.24, 2.45) is 0 Å². The number of nitrogens with zero attached hydrogens (tertiary/aromatic N) is 1. The Hall–Kier alpha value is -3.53. The summed E-state index contributed by atoms with van der Waals surface area (Å²) in [7, 11) is 0. The average Bonchev–Trinajstić information content (AvgIpc) is 3.13. The van der Waals surface area contributed by atoms with E-state index in [1.54, 1.807) is 0 Å². The molecule has 3 N–H and O–H groups in total. The van der Waals surface area contributed by atoms with Crippen molar-refractivity contribution in [3.8, 4) is 11.1 Å². The lowest BCUT2D eigenvalue weighted by Gasteiger charge is -2.27. The van der Waals surface area contributed by atoms with Gasteiger partial charge < -0.3 is 25.2 Å². The minimum atomic E-state index is -2.86. The zero-order chi connectivity index (χ0) is 24.7. The zero-order valence-corrected chi connectivity index (χ0v) is 18.3. The number of alkyl halides is 2. The highest BCUT2D eigenvalue weighted by Crippen LogP contribution is 2.44. The molecule has 0 aliphatic heterocycles. The Morgan fingerprint density at radius 3 is 2.15 bits per heavy atom. The number of fused-ring (bicyclic) bond motifs is 3. The number of carbonyl (C=O) groups is 3. The molecule has 3 rings (SSSR count). The van der Waals surface area contributed by atoms with Gasteiger partial charge in [0.15, 0.2) is 0 Å². The fraction of sp³-hybridized carbons (Fsp3) is 0.375. The molecule has 10 heteroatoms. The first-order valence-corrected chi connectivity index (χ1v) is 10.8. The Morgan fingerprint density at radius 1 is 1.03 bits per heavy atom. The van der Waals surface area contributed by atoms with Crippen LogP contribution in [0.2, 0.25) is 0 Å². The normalized spacial score (nSPS) is 13.2. The lowest BCUT2D eigenvalue weighted by molar-refractivity contribution is -0.138. The molecule has 2 aromatic carbocycles. The predicted molar refractivity (Wildman–Crippen MR) is 119 cm³/mol. The van der Waals surface area contributed by atoms with Gasteiger partial charge >= 0.3 is 12.1 Å². The molecule has 0 aromatic heterocycles. The van der Waals surface area contributed by atoms with Gasteiger partial charge in [0.05, 0.1) is 13.2 Å². The molecule has 0 saturated carbocycles. The molecule has 0 radical (unpaired) electrons. The number of hydrogen-bond donors (Lipinski definition) is 3. The minimum Gasteiger partial charge on any atom is -0.481 e. The maximum Gasteiger partial charge on any atom is 0.407 e. The average molecular weight is 476 g/mol. The first-order chi connectivity index (χ1) is 16.3. The number of alkyl carbamates (subject to hydrolysis) is 1. The second-order valence-corrected chi connectivity index (χ2v) is 7.85. The summed E-state index contributed by atoms with van der Waals surface area (Å²) in [5, 5.41) is 20.4. The summed E-state index contributed by atoms with van der Waals surface area (Å²) >= 11 is 0. The van der Waals surface area contributed by atoms with E-state index >= 15 is 0 Å². The summed E-state index contributed by atoms with van der Waals surface area (Å²) in [6, 6.07) is 14.1. The number of amides is 2. The Kier molecular flexibility index (Phi) is 8.53. The van der Waals surface area contributed by atoms with E-state index < -0.39 is 50.0 Å². The number of halogens is 2. The van der Waals surface area contributed by atoms with Crippen LogP contribution in [-0.4, -0.2) is 71.9 Å². The third-order valence-electron chi connectivity index (χ3n) is 5.62. The molecule has 1 aliphatic rings. The Balaban J connectivity index is 1.70. The van der Waals surface area contributed by atoms with Gasteiger partial charge in [0.1, 0.15) is 12.6 Å². The molecule has 1 aliphatic carbocycles. The van der Waals surface area contributed by atoms with Crippen LogP contribution in [0.4, 0.5) is 13.6 Å². The van der Waals surface area contributed by atoms with Crippen LogP contribution in [0.5, 0.6) is 0 Å². The Morgan fingerprint density at radius 2 is 1.62 bits per heavy atom. The van der Waals surface area contributed by atoms with Crippen LogP contribution < -0.4 is 5.32 Å². The SMILES string of the molecule is O=C(O)CCC(NC(=O)OCC1c2ccccc2-c2ccccc21)C(=O)N(CCO)CC(F)F. The molecule has 1 unspecified atom stereocenters. The summed E-state index contributed by atoms with van der Waals surface area (Å²) < 4.78 is 31.1. The molecule has 0 saturated heterocycles. The van der Waals surface area contributed by atoms with E-state index in [2.05, 4.69) is 5.32 Å². The van der Waals surface area contributed by atoms with Crippen molar-refractivity contribution >= 4 is 18.0 Å². The molecule has 0 heterocycles. The fourth-order valence-electron chi connectivity index (χ4n) is 4.11. The van der Waals surface area contributed by atoms with Crippen LogP contribution in [0.15, 0.2) is 48.5 Å². The quantitative estimate of drug-likeness (QED) is 0.459. The topological polar surface area (TPSA) is 116 Å². The number of nitrogens with one attached hydrogen (secondary N) is 1. The number of ether oxygens (including phenoxy) is 1. The van der Waals surface area contributed by atoms with E-state index in [0.29, 0.717) is 4.90 Å². The molecule has 2 aromatic rings. The molecule has 34 heavy (non-hydrogen) atoms. The van der Waals surface area contributed by atoms with Crippen molar-refractivity contribution < 1.29 is 38.1 Å². The number of hydrogen-bond acceptors (Lipinski definition) is 5. The van der Waals surface area contributed by atoms with Crippen molar-refractivity contribution in [1.29, 1.82) is 0 Å². The van der Waals surface area contributed by atoms with Crippen molar-refractivity contribution in [3.05, 3.63) is 59.7 Å². The highest BCUT2D eigenvalue weighted by Gasteiger charge is 2.31. The number of aliphatic hydroxyl groups excluding tert-OH is 1. The largest absolute Gasteiger partial charge is 0.481 e. The summed E-state index contributed by atoms with van der Waals surface area (Å²) in [5.41, 5.74) is 4.05. The molecule has 182 valence electrons. The van der Waals surface area contributed by atoms with Gasteiger partial charge in [-0.1, -0.05) is 48.5 Å². The van der Waals surface area contributed by atoms with Gasteiger partial charge in [-0.3, -0.25) is 9.59 Å². The van der Waals surface area contributed by atoms with Gasteiger partial charge in [0.2, 0.25) is 5.91 Å². The van der Waals surface area contributed by atoms with Crippen LogP contribution in [-0.2, 0) is 14.3 Å². The molecule has 8 nitrogen and oxygen atoms in total. The van der Waals surface area contributed by atoms with Crippen LogP contribution in [0.3, 0.4) is 0 Å². The van der Waals surface area contributed by atoms with E-state index in [1.807, 2.05) is 48.5 Å². The van der Waals surface area contributed by atoms with Gasteiger partial charge in [-0.15, -0.1) is 0 Å². The first kappa shape index (κ1) is 25.1. The standard InChI is InChI=1S/C24H26F2N2O6/c25-21(26)13-28(11-12-29)23(32)20(9-10-22(30)31)27-24(33)34-14-19-17-7-3-1-5-15(17)16-6-2-4-8-18(16)19/h1-8,19-21,29H,9-14H2,(H,27,33)(H,30,31). The third-order valence-corrected chi connectivity index (χ3v) is 5.62. The summed E-state index contributed by atoms with van der Waals surface area (Å²) in [6.07, 6.45) is -4.61. The van der Waals surface area contributed by atoms with Gasteiger partial charge in [0, 0.05) is 18.9 Å². The summed E-state index contributed by atoms with van der Waals surface area (Å²) in [6.45, 7) is -1.92. The van der Waals surface area contributed by atoms with E-state index in [9.17, 15) is 23.2 Å². The van der Waals surface area contributed by atoms with E-state index in [0.717, 1.165) is 22.3 Å². The fourth-order valence-corrected chi connectivity index (χ4v) is 4.11. The Bertz CT molecular complexity index is 987. The molecule has 0 bridgehead atoms. The lowest BCUT2D eigenvalue weighted by Crippen LogP contribution is -2.51. The number of benzene rings is 2. The van der Waals surface area contributed by atoms with E-state index in [-0.39, 0.29) is 25.5 Å². The van der Waals surface area contributed by atoms with Gasteiger partial charge in [-0.25, -0.2) is 13.6 Å². The van der Waals surface area contributed by atoms with E-state index in [1.165, 1.54) is 0 Å². The molecular formula is C24H26F2N2O6. The van der Waals surface area contributed by atoms with Gasteiger partial charge in [-0.05, 0) is 28.7 Å². The predicted octanol–water partition coefficient (Wildman–Crippen LogP) is 2.84. The number of aliphatic hydroxyl groups is 1. The maximum atomic E-state index is 12.9. The minimum absolute atomic E-state index is 0.0307. The van der Waals surface area contributed by atoms with Gasteiger partial charge in [-0.2, -0.15) is 0 Å². The number of carboxylic acid groups (broad SMARTS) is 1. The highest BCUT2D eigenvalue weighted by molar-refractivity contribution is 5.86. The molecule has 0 fully saturated rings. The van der Waals surface area contributed by atoms with E-state index in [4.69, 9.17) is 14.9 Å². The smallest absolute Gasteiger partial charge is 0.407 e. The zero-order valence-electron chi connectivity index (χ0n) is 18.3. The number of carbonyl (C=O) groups excluding carboxylic acids is 2. The van der Waals surface area contributed by atoms with Gasteiger partial charge in [0.25, 0.3) is 6.43 Å². The van der Waals surface area contributed by atoms with Crippen LogP contribution in [0, 0.1) is 0 Å². The highest BCUT2D eigenvalue weighted by atomic mass is 19.3. The molecule has 2 amide bonds. The molecule has 1 atom stereocenters. The van der Waals surface area contributed by atoms with Crippen LogP contribution >= 0.6 is 0 Å². The molecular weight excluding hydrogens is 450 g/mol. The first-order valence-electron chi connectivity index (χ1n) is 10.8. The lowest BCUT2D eigenvalue weighted by atomic mass is 9.98. The molecule has 0 spiro atoms. The van der Waals surface area contributed by atoms with Crippen molar-refractivity contribution in [2.75, 3.05) is 26.3 Å². The van der Waals surface area contributed by atoms with Crippen LogP contribution in [0.1, 0.15) is 29.9 Å². The number of aliphatic carboxylic acids is 1. The Labute approximate surface area is 195 Å². The summed E-state index contributed by atoms with van der Waals surface area (Å²) in [4.78, 5) is 36.9. The van der Waals surface area contributed by atoms with Crippen molar-refractivity contribution in [3.63, 3.8) is 0 Å². The van der Waals surface area contributed by atoms with Crippen molar-refractivity contribution in [1.82, 2.24) is 10.2 Å². The number of carboxylic acids is 1. The second-order valence-electron chi connectivity index (χ2n) is 7.85. The number of rotatable bonds is 11. The third kappa shape index (κ3) is 6.07. The maximum absolute atomic E-state index is 12.9. The van der Waals surface area contributed by atoms with Crippen molar-refractivity contribution in [2.45, 2.75) is 31.2 Å². The summed E-state index contributed by atoms with van der Waals surface area (Å²) in [5.74, 6) is -2.35. The van der Waals surface area contributed by atoms with Crippen LogP contribution in [0.25, 0.3) is 11.1 Å². The monoisotopic (exact) mass is 476 g/mol. The second kappa shape index (κ2) is 11.6.